The van der Waals surface area contributed by atoms with Crippen LogP contribution >= 0.6 is 0 Å². The fourth-order valence-corrected chi connectivity index (χ4v) is 4.67. The van der Waals surface area contributed by atoms with Crippen LogP contribution in [0, 0.1) is 5.92 Å². The molecule has 3 N–H and O–H groups in total. The Morgan fingerprint density at radius 2 is 1.91 bits per heavy atom. The summed E-state index contributed by atoms with van der Waals surface area (Å²) in [6, 6.07) is 5.35. The SMILES string of the molecule is C=CC1CC1.CC1CCc2c(ccc(/C(C=NC3CCNCC3)=C/N)c2OC2CCC2)N1C. The van der Waals surface area contributed by atoms with Crippen molar-refractivity contribution in [2.75, 3.05) is 25.0 Å². The molecule has 1 unspecified atom stereocenters. The van der Waals surface area contributed by atoms with Crippen molar-refractivity contribution < 1.29 is 4.74 Å². The van der Waals surface area contributed by atoms with Crippen molar-refractivity contribution in [1.82, 2.24) is 5.32 Å². The Balaban J connectivity index is 0.000000459. The zero-order valence-corrected chi connectivity index (χ0v) is 20.6. The molecule has 2 aliphatic carbocycles. The van der Waals surface area contributed by atoms with Crippen LogP contribution in [0.25, 0.3) is 5.57 Å². The molecule has 33 heavy (non-hydrogen) atoms. The molecule has 2 saturated carbocycles. The zero-order valence-electron chi connectivity index (χ0n) is 20.6. The second kappa shape index (κ2) is 11.2. The average molecular weight is 451 g/mol. The summed E-state index contributed by atoms with van der Waals surface area (Å²) in [4.78, 5) is 7.23. The number of ether oxygens (including phenoxy) is 1. The molecule has 1 aromatic carbocycles. The molecule has 0 spiro atoms. The Labute approximate surface area is 200 Å². The Bertz CT molecular complexity index is 863. The highest BCUT2D eigenvalue weighted by atomic mass is 16.5. The molecule has 5 rings (SSSR count). The summed E-state index contributed by atoms with van der Waals surface area (Å²) < 4.78 is 6.54. The van der Waals surface area contributed by atoms with E-state index in [2.05, 4.69) is 42.9 Å². The van der Waals surface area contributed by atoms with E-state index in [1.54, 1.807) is 6.20 Å². The molecule has 0 aromatic heterocycles. The van der Waals surface area contributed by atoms with Crippen molar-refractivity contribution in [3.8, 4) is 5.75 Å². The van der Waals surface area contributed by atoms with Crippen molar-refractivity contribution in [2.45, 2.75) is 82.9 Å². The number of nitrogens with two attached hydrogens (primary N) is 1. The molecule has 0 radical (unpaired) electrons. The highest BCUT2D eigenvalue weighted by molar-refractivity contribution is 6.11. The minimum atomic E-state index is 0.343. The van der Waals surface area contributed by atoms with Crippen LogP contribution in [-0.2, 0) is 6.42 Å². The number of piperidine rings is 1. The maximum absolute atomic E-state index is 6.54. The average Bonchev–Trinajstić information content (AvgIpc) is 3.65. The second-order valence-electron chi connectivity index (χ2n) is 10.1. The van der Waals surface area contributed by atoms with E-state index in [0.29, 0.717) is 18.2 Å². The van der Waals surface area contributed by atoms with Crippen molar-refractivity contribution in [3.05, 3.63) is 42.1 Å². The number of allylic oxidation sites excluding steroid dienone is 2. The first-order valence-electron chi connectivity index (χ1n) is 12.9. The van der Waals surface area contributed by atoms with Gasteiger partial charge in [0.1, 0.15) is 5.75 Å². The first kappa shape index (κ1) is 23.9. The molecule has 1 aromatic rings. The lowest BCUT2D eigenvalue weighted by atomic mass is 9.91. The number of benzene rings is 1. The van der Waals surface area contributed by atoms with Crippen LogP contribution in [0.15, 0.2) is 36.0 Å². The fourth-order valence-electron chi connectivity index (χ4n) is 4.67. The quantitative estimate of drug-likeness (QED) is 0.468. The van der Waals surface area contributed by atoms with E-state index in [4.69, 9.17) is 15.5 Å². The maximum Gasteiger partial charge on any atom is 0.132 e. The van der Waals surface area contributed by atoms with Gasteiger partial charge in [0.25, 0.3) is 0 Å². The third-order valence-electron chi connectivity index (χ3n) is 7.60. The van der Waals surface area contributed by atoms with Gasteiger partial charge in [-0.25, -0.2) is 0 Å². The monoisotopic (exact) mass is 450 g/mol. The van der Waals surface area contributed by atoms with E-state index in [-0.39, 0.29) is 0 Å². The van der Waals surface area contributed by atoms with Crippen LogP contribution in [0.1, 0.15) is 69.4 Å². The van der Waals surface area contributed by atoms with Crippen LogP contribution < -0.4 is 20.7 Å². The van der Waals surface area contributed by atoms with Gasteiger partial charge in [-0.1, -0.05) is 6.08 Å². The summed E-state index contributed by atoms with van der Waals surface area (Å²) in [6.07, 6.45) is 16.8. The molecular weight excluding hydrogens is 408 g/mol. The second-order valence-corrected chi connectivity index (χ2v) is 10.1. The van der Waals surface area contributed by atoms with Crippen LogP contribution in [0.5, 0.6) is 5.75 Å². The lowest BCUT2D eigenvalue weighted by molar-refractivity contribution is 0.118. The van der Waals surface area contributed by atoms with Crippen molar-refractivity contribution in [3.63, 3.8) is 0 Å². The van der Waals surface area contributed by atoms with E-state index in [1.165, 1.54) is 30.5 Å². The first-order valence-corrected chi connectivity index (χ1v) is 12.9. The van der Waals surface area contributed by atoms with Gasteiger partial charge in [0.05, 0.1) is 12.1 Å². The topological polar surface area (TPSA) is 62.9 Å². The number of anilines is 1. The number of rotatable bonds is 6. The summed E-state index contributed by atoms with van der Waals surface area (Å²) in [7, 11) is 2.19. The fraction of sp³-hybridized carbons (Fsp3) is 0.607. The summed E-state index contributed by atoms with van der Waals surface area (Å²) >= 11 is 0. The van der Waals surface area contributed by atoms with Crippen molar-refractivity contribution >= 4 is 17.5 Å². The number of nitrogens with zero attached hydrogens (tertiary/aromatic N) is 2. The Hall–Kier alpha value is -2.27. The van der Waals surface area contributed by atoms with Crippen LogP contribution in [0.4, 0.5) is 5.69 Å². The molecule has 0 amide bonds. The van der Waals surface area contributed by atoms with Gasteiger partial charge in [0.2, 0.25) is 0 Å². The smallest absolute Gasteiger partial charge is 0.132 e. The molecule has 3 fully saturated rings. The largest absolute Gasteiger partial charge is 0.489 e. The van der Waals surface area contributed by atoms with E-state index in [0.717, 1.165) is 74.4 Å². The molecule has 2 aliphatic heterocycles. The molecule has 1 saturated heterocycles. The minimum Gasteiger partial charge on any atom is -0.489 e. The molecule has 2 heterocycles. The number of hydrogen-bond acceptors (Lipinski definition) is 5. The van der Waals surface area contributed by atoms with E-state index >= 15 is 0 Å². The predicted octanol–water partition coefficient (Wildman–Crippen LogP) is 5.09. The molecular formula is C28H42N4O. The predicted molar refractivity (Wildman–Crippen MR) is 140 cm³/mol. The molecule has 1 atom stereocenters. The molecule has 0 bridgehead atoms. The number of fused-ring (bicyclic) bond motifs is 1. The Morgan fingerprint density at radius 1 is 1.15 bits per heavy atom. The van der Waals surface area contributed by atoms with Crippen molar-refractivity contribution in [1.29, 1.82) is 0 Å². The van der Waals surface area contributed by atoms with Gasteiger partial charge in [-0.15, -0.1) is 6.58 Å². The molecule has 4 aliphatic rings. The number of nitrogens with one attached hydrogen (secondary N) is 1. The van der Waals surface area contributed by atoms with Gasteiger partial charge in [-0.2, -0.15) is 0 Å². The minimum absolute atomic E-state index is 0.343. The lowest BCUT2D eigenvalue weighted by Crippen LogP contribution is -2.34. The number of hydrogen-bond donors (Lipinski definition) is 2. The van der Waals surface area contributed by atoms with Gasteiger partial charge in [-0.05, 0) is 95.9 Å². The standard InChI is InChI=1S/C23H34N4O.C5H8/c1-16-6-7-21-22(27(16)2)9-8-20(23(21)28-19-4-3-5-19)17(14-24)15-26-18-10-12-25-13-11-18;1-2-5-3-4-5/h8-9,14-16,18-19,25H,3-7,10-13,24H2,1-2H3;2,5H,1,3-4H2/b17-14+,26-15?;. The van der Waals surface area contributed by atoms with Crippen LogP contribution in [0.3, 0.4) is 0 Å². The van der Waals surface area contributed by atoms with Crippen LogP contribution in [-0.4, -0.2) is 44.5 Å². The maximum atomic E-state index is 6.54. The van der Waals surface area contributed by atoms with Gasteiger partial charge in [0.15, 0.2) is 0 Å². The lowest BCUT2D eigenvalue weighted by Gasteiger charge is -2.37. The normalized spacial score (nSPS) is 24.0. The Morgan fingerprint density at radius 3 is 2.48 bits per heavy atom. The highest BCUT2D eigenvalue weighted by Crippen LogP contribution is 2.42. The van der Waals surface area contributed by atoms with Gasteiger partial charge in [-0.3, -0.25) is 4.99 Å². The summed E-state index contributed by atoms with van der Waals surface area (Å²) in [5.74, 6) is 1.93. The molecule has 180 valence electrons. The molecule has 5 heteroatoms. The van der Waals surface area contributed by atoms with Gasteiger partial charge >= 0.3 is 0 Å². The van der Waals surface area contributed by atoms with Crippen molar-refractivity contribution in [2.24, 2.45) is 16.6 Å². The first-order chi connectivity index (χ1) is 16.1. The third-order valence-corrected chi connectivity index (χ3v) is 7.60. The molecule has 5 nitrogen and oxygen atoms in total. The van der Waals surface area contributed by atoms with E-state index in [1.807, 2.05) is 12.3 Å². The van der Waals surface area contributed by atoms with Gasteiger partial charge in [0, 0.05) is 47.9 Å². The number of aliphatic imine (C=N–C) groups is 1. The summed E-state index contributed by atoms with van der Waals surface area (Å²) in [5.41, 5.74) is 10.7. The van der Waals surface area contributed by atoms with Gasteiger partial charge < -0.3 is 20.7 Å². The third kappa shape index (κ3) is 6.00. The summed E-state index contributed by atoms with van der Waals surface area (Å²) in [6.45, 7) is 8.00. The van der Waals surface area contributed by atoms with E-state index in [9.17, 15) is 0 Å². The summed E-state index contributed by atoms with van der Waals surface area (Å²) in [5, 5.41) is 3.40. The van der Waals surface area contributed by atoms with Crippen LogP contribution in [0.2, 0.25) is 0 Å². The highest BCUT2D eigenvalue weighted by Gasteiger charge is 2.28. The van der Waals surface area contributed by atoms with E-state index < -0.39 is 0 Å². The zero-order chi connectivity index (χ0) is 23.2. The Kier molecular flexibility index (Phi) is 8.13.